The third kappa shape index (κ3) is 5.19. The highest BCUT2D eigenvalue weighted by Crippen LogP contribution is 2.30. The molecule has 0 spiro atoms. The third-order valence-electron chi connectivity index (χ3n) is 5.46. The minimum atomic E-state index is -0.324. The molecule has 0 saturated heterocycles. The van der Waals surface area contributed by atoms with Crippen LogP contribution in [0.3, 0.4) is 0 Å². The van der Waals surface area contributed by atoms with E-state index in [0.717, 1.165) is 39.2 Å². The lowest BCUT2D eigenvalue weighted by atomic mass is 10.0. The van der Waals surface area contributed by atoms with Crippen LogP contribution in [0.15, 0.2) is 91.3 Å². The van der Waals surface area contributed by atoms with Crippen molar-refractivity contribution >= 4 is 16.7 Å². The average Bonchev–Trinajstić information content (AvgIpc) is 2.91. The number of aromatic nitrogens is 3. The Hall–Kier alpha value is -4.52. The van der Waals surface area contributed by atoms with Crippen LogP contribution in [0.5, 0.6) is 11.5 Å². The summed E-state index contributed by atoms with van der Waals surface area (Å²) >= 11 is 0. The van der Waals surface area contributed by atoms with Crippen molar-refractivity contribution in [1.82, 2.24) is 15.0 Å². The Bertz CT molecular complexity index is 1440. The molecule has 35 heavy (non-hydrogen) atoms. The van der Waals surface area contributed by atoms with Gasteiger partial charge in [0.2, 0.25) is 0 Å². The molecule has 3 aromatic carbocycles. The Labute approximate surface area is 202 Å². The van der Waals surface area contributed by atoms with Crippen LogP contribution in [0.25, 0.3) is 33.4 Å². The van der Waals surface area contributed by atoms with Crippen LogP contribution in [0.1, 0.15) is 0 Å². The summed E-state index contributed by atoms with van der Waals surface area (Å²) in [4.78, 5) is 13.6. The van der Waals surface area contributed by atoms with E-state index < -0.39 is 0 Å². The summed E-state index contributed by atoms with van der Waals surface area (Å²) in [6.45, 7) is 0.678. The van der Waals surface area contributed by atoms with Gasteiger partial charge >= 0.3 is 0 Å². The highest BCUT2D eigenvalue weighted by Gasteiger charge is 2.10. The zero-order chi connectivity index (χ0) is 24.0. The van der Waals surface area contributed by atoms with Crippen molar-refractivity contribution in [3.8, 4) is 34.0 Å². The number of nitrogens with zero attached hydrogens (tertiary/aromatic N) is 3. The molecule has 5 aromatic rings. The summed E-state index contributed by atoms with van der Waals surface area (Å²) in [6, 6.07) is 23.9. The van der Waals surface area contributed by atoms with Gasteiger partial charge < -0.3 is 14.8 Å². The Balaban J connectivity index is 1.29. The number of rotatable bonds is 8. The number of fused-ring (bicyclic) bond motifs is 1. The summed E-state index contributed by atoms with van der Waals surface area (Å²) < 4.78 is 24.5. The molecule has 2 aromatic heterocycles. The first kappa shape index (κ1) is 22.3. The molecule has 0 aliphatic rings. The van der Waals surface area contributed by atoms with Crippen molar-refractivity contribution in [2.45, 2.75) is 0 Å². The zero-order valence-electron chi connectivity index (χ0n) is 19.1. The molecule has 0 aliphatic heterocycles. The van der Waals surface area contributed by atoms with E-state index in [1.165, 1.54) is 12.1 Å². The first-order chi connectivity index (χ1) is 17.2. The standard InChI is InChI=1S/C28H23FN4O2/c1-30-28-25-16-20(9-12-26(25)32-27(33-28)21-4-3-13-31-18-21)19-7-10-23(11-8-19)34-14-15-35-24-6-2-5-22(29)17-24/h2-13,16-18H,14-15H2,1H3,(H,30,32,33). The lowest BCUT2D eigenvalue weighted by Crippen LogP contribution is -2.09. The average molecular weight is 467 g/mol. The summed E-state index contributed by atoms with van der Waals surface area (Å²) in [6.07, 6.45) is 3.49. The topological polar surface area (TPSA) is 69.2 Å². The van der Waals surface area contributed by atoms with Crippen LogP contribution in [0, 0.1) is 5.82 Å². The molecular weight excluding hydrogens is 443 g/mol. The second kappa shape index (κ2) is 10.2. The highest BCUT2D eigenvalue weighted by molar-refractivity contribution is 5.93. The molecule has 0 radical (unpaired) electrons. The van der Waals surface area contributed by atoms with Crippen molar-refractivity contribution in [2.24, 2.45) is 0 Å². The van der Waals surface area contributed by atoms with Crippen molar-refractivity contribution < 1.29 is 13.9 Å². The van der Waals surface area contributed by atoms with E-state index in [-0.39, 0.29) is 5.82 Å². The number of nitrogens with one attached hydrogen (secondary N) is 1. The molecule has 1 N–H and O–H groups in total. The number of pyridine rings is 1. The first-order valence-corrected chi connectivity index (χ1v) is 11.2. The monoisotopic (exact) mass is 466 g/mol. The van der Waals surface area contributed by atoms with E-state index >= 15 is 0 Å². The van der Waals surface area contributed by atoms with E-state index in [4.69, 9.17) is 19.4 Å². The molecular formula is C28H23FN4O2. The molecule has 0 unspecified atom stereocenters. The van der Waals surface area contributed by atoms with Crippen LogP contribution >= 0.6 is 0 Å². The van der Waals surface area contributed by atoms with Crippen molar-refractivity contribution in [3.63, 3.8) is 0 Å². The van der Waals surface area contributed by atoms with Gasteiger partial charge in [0, 0.05) is 36.5 Å². The highest BCUT2D eigenvalue weighted by atomic mass is 19.1. The molecule has 5 rings (SSSR count). The van der Waals surface area contributed by atoms with Gasteiger partial charge in [-0.25, -0.2) is 14.4 Å². The van der Waals surface area contributed by atoms with Crippen LogP contribution in [-0.2, 0) is 0 Å². The van der Waals surface area contributed by atoms with E-state index in [9.17, 15) is 4.39 Å². The molecule has 0 saturated carbocycles. The number of hydrogen-bond donors (Lipinski definition) is 1. The lowest BCUT2D eigenvalue weighted by molar-refractivity contribution is 0.216. The Morgan fingerprint density at radius 2 is 1.57 bits per heavy atom. The van der Waals surface area contributed by atoms with Crippen LogP contribution in [-0.4, -0.2) is 35.2 Å². The van der Waals surface area contributed by atoms with Gasteiger partial charge in [0.1, 0.15) is 36.3 Å². The summed E-state index contributed by atoms with van der Waals surface area (Å²) in [7, 11) is 1.85. The molecule has 0 fully saturated rings. The maximum Gasteiger partial charge on any atom is 0.163 e. The van der Waals surface area contributed by atoms with Gasteiger partial charge in [-0.3, -0.25) is 4.98 Å². The fourth-order valence-electron chi connectivity index (χ4n) is 3.74. The SMILES string of the molecule is CNc1nc(-c2cccnc2)nc2ccc(-c3ccc(OCCOc4cccc(F)c4)cc3)cc12. The van der Waals surface area contributed by atoms with Crippen molar-refractivity contribution in [3.05, 3.63) is 97.1 Å². The Kier molecular flexibility index (Phi) is 6.48. The van der Waals surface area contributed by atoms with Crippen LogP contribution in [0.2, 0.25) is 0 Å². The minimum Gasteiger partial charge on any atom is -0.490 e. The second-order valence-corrected chi connectivity index (χ2v) is 7.80. The van der Waals surface area contributed by atoms with Gasteiger partial charge in [0.15, 0.2) is 5.82 Å². The quantitative estimate of drug-likeness (QED) is 0.283. The Morgan fingerprint density at radius 3 is 2.31 bits per heavy atom. The second-order valence-electron chi connectivity index (χ2n) is 7.80. The third-order valence-corrected chi connectivity index (χ3v) is 5.46. The maximum absolute atomic E-state index is 13.2. The maximum atomic E-state index is 13.2. The predicted octanol–water partition coefficient (Wildman–Crippen LogP) is 6.00. The molecule has 174 valence electrons. The Morgan fingerprint density at radius 1 is 0.771 bits per heavy atom. The number of ether oxygens (including phenoxy) is 2. The molecule has 0 aliphatic carbocycles. The van der Waals surface area contributed by atoms with Gasteiger partial charge in [-0.1, -0.05) is 24.3 Å². The normalized spacial score (nSPS) is 10.8. The van der Waals surface area contributed by atoms with E-state index in [2.05, 4.69) is 16.4 Å². The predicted molar refractivity (Wildman–Crippen MR) is 135 cm³/mol. The fourth-order valence-corrected chi connectivity index (χ4v) is 3.74. The number of hydrogen-bond acceptors (Lipinski definition) is 6. The van der Waals surface area contributed by atoms with Crippen molar-refractivity contribution in [1.29, 1.82) is 0 Å². The summed E-state index contributed by atoms with van der Waals surface area (Å²) in [5.74, 6) is 2.28. The van der Waals surface area contributed by atoms with Crippen molar-refractivity contribution in [2.75, 3.05) is 25.6 Å². The fraction of sp³-hybridized carbons (Fsp3) is 0.107. The van der Waals surface area contributed by atoms with Crippen LogP contribution < -0.4 is 14.8 Å². The molecule has 0 amide bonds. The van der Waals surface area contributed by atoms with Gasteiger partial charge in [0.25, 0.3) is 0 Å². The molecule has 7 heteroatoms. The number of benzene rings is 3. The number of halogens is 1. The molecule has 6 nitrogen and oxygen atoms in total. The zero-order valence-corrected chi connectivity index (χ0v) is 19.1. The van der Waals surface area contributed by atoms with Gasteiger partial charge in [-0.05, 0) is 59.7 Å². The smallest absolute Gasteiger partial charge is 0.163 e. The number of anilines is 1. The van der Waals surface area contributed by atoms with Gasteiger partial charge in [0.05, 0.1) is 5.52 Å². The molecule has 2 heterocycles. The minimum absolute atomic E-state index is 0.323. The van der Waals surface area contributed by atoms with Crippen LogP contribution in [0.4, 0.5) is 10.2 Å². The van der Waals surface area contributed by atoms with Gasteiger partial charge in [-0.15, -0.1) is 0 Å². The van der Waals surface area contributed by atoms with E-state index in [0.29, 0.717) is 24.8 Å². The first-order valence-electron chi connectivity index (χ1n) is 11.2. The lowest BCUT2D eigenvalue weighted by Gasteiger charge is -2.11. The largest absolute Gasteiger partial charge is 0.490 e. The van der Waals surface area contributed by atoms with Gasteiger partial charge in [-0.2, -0.15) is 0 Å². The van der Waals surface area contributed by atoms with E-state index in [1.54, 1.807) is 24.5 Å². The summed E-state index contributed by atoms with van der Waals surface area (Å²) in [5.41, 5.74) is 3.82. The summed E-state index contributed by atoms with van der Waals surface area (Å²) in [5, 5.41) is 4.12. The molecule has 0 atom stereocenters. The molecule has 0 bridgehead atoms. The van der Waals surface area contributed by atoms with E-state index in [1.807, 2.05) is 55.6 Å².